The Hall–Kier alpha value is -3.93. The van der Waals surface area contributed by atoms with Crippen LogP contribution in [0.1, 0.15) is 22.6 Å². The molecule has 0 amide bonds. The third-order valence-corrected chi connectivity index (χ3v) is 5.41. The van der Waals surface area contributed by atoms with Gasteiger partial charge in [-0.3, -0.25) is 4.79 Å². The van der Waals surface area contributed by atoms with Gasteiger partial charge in [0.05, 0.1) is 18.7 Å². The summed E-state index contributed by atoms with van der Waals surface area (Å²) < 4.78 is 24.9. The van der Waals surface area contributed by atoms with Crippen molar-refractivity contribution in [3.05, 3.63) is 95.1 Å². The normalized spacial score (nSPS) is 10.9. The number of hydrogen-bond donors (Lipinski definition) is 1. The molecule has 0 fully saturated rings. The average Bonchev–Trinajstić information content (AvgIpc) is 3.17. The van der Waals surface area contributed by atoms with Crippen molar-refractivity contribution in [3.8, 4) is 28.3 Å². The van der Waals surface area contributed by atoms with Crippen molar-refractivity contribution in [1.29, 1.82) is 0 Å². The maximum atomic E-state index is 13.1. The van der Waals surface area contributed by atoms with Gasteiger partial charge in [-0.15, -0.1) is 0 Å². The molecule has 0 saturated heterocycles. The van der Waals surface area contributed by atoms with Crippen molar-refractivity contribution in [2.45, 2.75) is 26.7 Å². The summed E-state index contributed by atoms with van der Waals surface area (Å²) in [6.07, 6.45) is 0.522. The molecule has 0 aliphatic rings. The monoisotopic (exact) mass is 445 g/mol. The summed E-state index contributed by atoms with van der Waals surface area (Å²) in [6, 6.07) is 19.6. The standard InChI is InChI=1S/C27H24FNO4/c1-17-3-4-19(16-26(30)31)15-25(17)32-14-13-24-18(2)33-27(29-24)22-7-5-20(6-8-22)21-9-11-23(28)12-10-21/h3-12,15H,13-14,16H2,1-2H3,(H,30,31). The first-order valence-electron chi connectivity index (χ1n) is 10.7. The molecule has 168 valence electrons. The Morgan fingerprint density at radius 2 is 1.61 bits per heavy atom. The summed E-state index contributed by atoms with van der Waals surface area (Å²) in [6.45, 7) is 4.19. The minimum atomic E-state index is -0.874. The van der Waals surface area contributed by atoms with Gasteiger partial charge in [-0.25, -0.2) is 9.37 Å². The quantitative estimate of drug-likeness (QED) is 0.359. The van der Waals surface area contributed by atoms with Crippen molar-refractivity contribution in [2.24, 2.45) is 0 Å². The third kappa shape index (κ3) is 5.47. The Balaban J connectivity index is 1.42. The van der Waals surface area contributed by atoms with Crippen LogP contribution >= 0.6 is 0 Å². The van der Waals surface area contributed by atoms with E-state index in [1.807, 2.05) is 44.2 Å². The van der Waals surface area contributed by atoms with Gasteiger partial charge in [0.1, 0.15) is 17.3 Å². The molecule has 5 nitrogen and oxygen atoms in total. The molecular weight excluding hydrogens is 421 g/mol. The van der Waals surface area contributed by atoms with E-state index in [2.05, 4.69) is 4.98 Å². The second-order valence-corrected chi connectivity index (χ2v) is 7.87. The minimum Gasteiger partial charge on any atom is -0.493 e. The number of oxazole rings is 1. The van der Waals surface area contributed by atoms with Crippen LogP contribution in [0.3, 0.4) is 0 Å². The first-order chi connectivity index (χ1) is 15.9. The molecule has 0 bridgehead atoms. The number of halogens is 1. The van der Waals surface area contributed by atoms with E-state index >= 15 is 0 Å². The number of carboxylic acids is 1. The van der Waals surface area contributed by atoms with E-state index in [0.717, 1.165) is 33.7 Å². The zero-order valence-corrected chi connectivity index (χ0v) is 18.5. The van der Waals surface area contributed by atoms with Gasteiger partial charge in [-0.1, -0.05) is 36.4 Å². The lowest BCUT2D eigenvalue weighted by Crippen LogP contribution is -2.05. The van der Waals surface area contributed by atoms with E-state index in [4.69, 9.17) is 14.3 Å². The molecule has 4 rings (SSSR count). The van der Waals surface area contributed by atoms with Crippen molar-refractivity contribution in [1.82, 2.24) is 4.98 Å². The highest BCUT2D eigenvalue weighted by Gasteiger charge is 2.13. The smallest absolute Gasteiger partial charge is 0.307 e. The lowest BCUT2D eigenvalue weighted by atomic mass is 10.0. The number of benzene rings is 3. The number of carboxylic acid groups (broad SMARTS) is 1. The number of carbonyl (C=O) groups is 1. The van der Waals surface area contributed by atoms with Crippen LogP contribution < -0.4 is 4.74 Å². The fraction of sp³-hybridized carbons (Fsp3) is 0.185. The number of aromatic nitrogens is 1. The zero-order valence-electron chi connectivity index (χ0n) is 18.5. The molecule has 1 N–H and O–H groups in total. The average molecular weight is 445 g/mol. The Bertz CT molecular complexity index is 1260. The molecule has 4 aromatic rings. The van der Waals surface area contributed by atoms with Crippen molar-refractivity contribution in [2.75, 3.05) is 6.61 Å². The van der Waals surface area contributed by atoms with Crippen LogP contribution in [-0.4, -0.2) is 22.7 Å². The van der Waals surface area contributed by atoms with Gasteiger partial charge in [0, 0.05) is 12.0 Å². The Morgan fingerprint density at radius 3 is 2.27 bits per heavy atom. The minimum absolute atomic E-state index is 0.0393. The number of aryl methyl sites for hydroxylation is 2. The van der Waals surface area contributed by atoms with E-state index < -0.39 is 5.97 Å². The van der Waals surface area contributed by atoms with Gasteiger partial charge >= 0.3 is 5.97 Å². The van der Waals surface area contributed by atoms with Crippen LogP contribution in [0.25, 0.3) is 22.6 Å². The molecular formula is C27H24FNO4. The predicted octanol–water partition coefficient (Wildman–Crippen LogP) is 6.01. The van der Waals surface area contributed by atoms with Gasteiger partial charge in [0.2, 0.25) is 5.89 Å². The van der Waals surface area contributed by atoms with E-state index in [1.165, 1.54) is 12.1 Å². The summed E-state index contributed by atoms with van der Waals surface area (Å²) >= 11 is 0. The molecule has 0 aliphatic carbocycles. The van der Waals surface area contributed by atoms with Crippen LogP contribution in [0.4, 0.5) is 4.39 Å². The number of nitrogens with zero attached hydrogens (tertiary/aromatic N) is 1. The van der Waals surface area contributed by atoms with Gasteiger partial charge < -0.3 is 14.3 Å². The molecule has 0 unspecified atom stereocenters. The molecule has 0 aliphatic heterocycles. The summed E-state index contributed by atoms with van der Waals surface area (Å²) in [5, 5.41) is 8.99. The SMILES string of the molecule is Cc1ccc(CC(=O)O)cc1OCCc1nc(-c2ccc(-c3ccc(F)cc3)cc2)oc1C. The Kier molecular flexibility index (Phi) is 6.54. The highest BCUT2D eigenvalue weighted by molar-refractivity contribution is 5.70. The van der Waals surface area contributed by atoms with E-state index in [0.29, 0.717) is 30.2 Å². The molecule has 0 spiro atoms. The Morgan fingerprint density at radius 1 is 0.970 bits per heavy atom. The zero-order chi connectivity index (χ0) is 23.4. The van der Waals surface area contributed by atoms with Crippen molar-refractivity contribution in [3.63, 3.8) is 0 Å². The first-order valence-corrected chi connectivity index (χ1v) is 10.7. The summed E-state index contributed by atoms with van der Waals surface area (Å²) in [4.78, 5) is 15.6. The molecule has 1 aromatic heterocycles. The van der Waals surface area contributed by atoms with E-state index in [9.17, 15) is 9.18 Å². The molecule has 33 heavy (non-hydrogen) atoms. The van der Waals surface area contributed by atoms with Crippen molar-refractivity contribution >= 4 is 5.97 Å². The lowest BCUT2D eigenvalue weighted by Gasteiger charge is -2.10. The Labute approximate surface area is 191 Å². The van der Waals surface area contributed by atoms with Crippen molar-refractivity contribution < 1.29 is 23.4 Å². The van der Waals surface area contributed by atoms with Crippen LogP contribution in [0.2, 0.25) is 0 Å². The maximum absolute atomic E-state index is 13.1. The van der Waals surface area contributed by atoms with Crippen LogP contribution in [-0.2, 0) is 17.6 Å². The van der Waals surface area contributed by atoms with Gasteiger partial charge in [-0.05, 0) is 66.4 Å². The van der Waals surface area contributed by atoms with E-state index in [1.54, 1.807) is 24.3 Å². The second-order valence-electron chi connectivity index (χ2n) is 7.87. The summed E-state index contributed by atoms with van der Waals surface area (Å²) in [7, 11) is 0. The fourth-order valence-electron chi connectivity index (χ4n) is 3.57. The second kappa shape index (κ2) is 9.69. The highest BCUT2D eigenvalue weighted by atomic mass is 19.1. The molecule has 0 radical (unpaired) electrons. The first kappa shape index (κ1) is 22.3. The van der Waals surface area contributed by atoms with Crippen LogP contribution in [0.5, 0.6) is 5.75 Å². The molecule has 0 atom stereocenters. The van der Waals surface area contributed by atoms with Crippen LogP contribution in [0, 0.1) is 19.7 Å². The molecule has 1 heterocycles. The number of ether oxygens (including phenoxy) is 1. The maximum Gasteiger partial charge on any atom is 0.307 e. The highest BCUT2D eigenvalue weighted by Crippen LogP contribution is 2.27. The largest absolute Gasteiger partial charge is 0.493 e. The van der Waals surface area contributed by atoms with Gasteiger partial charge in [0.25, 0.3) is 0 Å². The number of aliphatic carboxylic acids is 1. The molecule has 6 heteroatoms. The molecule has 0 saturated carbocycles. The number of hydrogen-bond acceptors (Lipinski definition) is 4. The fourth-order valence-corrected chi connectivity index (χ4v) is 3.57. The van der Waals surface area contributed by atoms with Gasteiger partial charge in [-0.2, -0.15) is 0 Å². The topological polar surface area (TPSA) is 72.6 Å². The molecule has 3 aromatic carbocycles. The summed E-state index contributed by atoms with van der Waals surface area (Å²) in [5.74, 6) is 0.804. The van der Waals surface area contributed by atoms with E-state index in [-0.39, 0.29) is 12.2 Å². The predicted molar refractivity (Wildman–Crippen MR) is 124 cm³/mol. The third-order valence-electron chi connectivity index (χ3n) is 5.41. The van der Waals surface area contributed by atoms with Gasteiger partial charge in [0.15, 0.2) is 0 Å². The lowest BCUT2D eigenvalue weighted by molar-refractivity contribution is -0.136. The summed E-state index contributed by atoms with van der Waals surface area (Å²) in [5.41, 5.74) is 5.23. The number of rotatable bonds is 8. The van der Waals surface area contributed by atoms with Crippen LogP contribution in [0.15, 0.2) is 71.1 Å².